The summed E-state index contributed by atoms with van der Waals surface area (Å²) >= 11 is 0. The maximum Gasteiger partial charge on any atom is 0.238 e. The van der Waals surface area contributed by atoms with Crippen LogP contribution in [0.15, 0.2) is 206 Å². The SMILES string of the molecule is c1ccc(C2=C3c4ccccc4-c4cccc5c4c4c3c(ccc4n5-c3nc(-c4ccccc4)nc(-c4ccccc4)n3)C2(c2ccccc2)c2ccccc2)cc1. The third-order valence-corrected chi connectivity index (χ3v) is 12.1. The van der Waals surface area contributed by atoms with Gasteiger partial charge in [-0.1, -0.05) is 194 Å². The van der Waals surface area contributed by atoms with Crippen LogP contribution in [-0.4, -0.2) is 19.5 Å². The van der Waals surface area contributed by atoms with Gasteiger partial charge in [-0.25, -0.2) is 4.98 Å². The molecule has 2 aromatic heterocycles. The van der Waals surface area contributed by atoms with Gasteiger partial charge < -0.3 is 0 Å². The number of allylic oxidation sites excluding steroid dienone is 1. The molecule has 2 aliphatic carbocycles. The fourth-order valence-electron chi connectivity index (χ4n) is 9.82. The lowest BCUT2D eigenvalue weighted by Gasteiger charge is -2.36. The first-order valence-corrected chi connectivity index (χ1v) is 19.8. The molecule has 0 fully saturated rings. The van der Waals surface area contributed by atoms with Crippen molar-refractivity contribution in [2.45, 2.75) is 5.41 Å². The van der Waals surface area contributed by atoms with Gasteiger partial charge in [0.25, 0.3) is 0 Å². The van der Waals surface area contributed by atoms with Gasteiger partial charge in [0, 0.05) is 21.9 Å². The van der Waals surface area contributed by atoms with Crippen molar-refractivity contribution in [1.29, 1.82) is 0 Å². The molecule has 4 nitrogen and oxygen atoms in total. The first-order chi connectivity index (χ1) is 28.8. The Morgan fingerprint density at radius 1 is 0.362 bits per heavy atom. The standard InChI is InChI=1S/C54H34N4/c1-6-19-35(20-7-1)50-47-42-30-17-16-29-40(42)41-31-18-32-44-46(41)49-45(34-33-43(48(47)49)54(50,38-25-12-4-13-26-38)39-27-14-5-15-28-39)58(44)53-56-51(36-21-8-2-9-22-36)55-52(57-53)37-23-10-3-11-24-37/h1-34H. The monoisotopic (exact) mass is 738 g/mol. The fourth-order valence-corrected chi connectivity index (χ4v) is 9.82. The van der Waals surface area contributed by atoms with Crippen LogP contribution in [-0.2, 0) is 5.41 Å². The molecule has 270 valence electrons. The number of hydrogen-bond donors (Lipinski definition) is 0. The zero-order valence-electron chi connectivity index (χ0n) is 31.4. The number of hydrogen-bond acceptors (Lipinski definition) is 3. The number of benzene rings is 8. The zero-order valence-corrected chi connectivity index (χ0v) is 31.4. The quantitative estimate of drug-likeness (QED) is 0.171. The molecule has 0 saturated carbocycles. The van der Waals surface area contributed by atoms with Gasteiger partial charge >= 0.3 is 0 Å². The molecule has 0 N–H and O–H groups in total. The molecule has 58 heavy (non-hydrogen) atoms. The summed E-state index contributed by atoms with van der Waals surface area (Å²) in [7, 11) is 0. The van der Waals surface area contributed by atoms with E-state index in [9.17, 15) is 0 Å². The molecular formula is C54H34N4. The molecule has 0 atom stereocenters. The Morgan fingerprint density at radius 3 is 1.43 bits per heavy atom. The number of fused-ring (bicyclic) bond motifs is 3. The van der Waals surface area contributed by atoms with Crippen LogP contribution in [0.3, 0.4) is 0 Å². The Morgan fingerprint density at radius 2 is 0.845 bits per heavy atom. The summed E-state index contributed by atoms with van der Waals surface area (Å²) < 4.78 is 2.27. The van der Waals surface area contributed by atoms with Crippen molar-refractivity contribution < 1.29 is 0 Å². The van der Waals surface area contributed by atoms with Crippen molar-refractivity contribution in [1.82, 2.24) is 19.5 Å². The Bertz CT molecular complexity index is 3150. The van der Waals surface area contributed by atoms with Crippen LogP contribution < -0.4 is 0 Å². The third kappa shape index (κ3) is 4.54. The van der Waals surface area contributed by atoms with Crippen LogP contribution in [0.4, 0.5) is 0 Å². The minimum atomic E-state index is -0.620. The topological polar surface area (TPSA) is 43.6 Å². The van der Waals surface area contributed by atoms with Crippen LogP contribution >= 0.6 is 0 Å². The van der Waals surface area contributed by atoms with Crippen molar-refractivity contribution in [3.05, 3.63) is 240 Å². The molecule has 0 spiro atoms. The van der Waals surface area contributed by atoms with Gasteiger partial charge in [0.15, 0.2) is 11.6 Å². The summed E-state index contributed by atoms with van der Waals surface area (Å²) in [5.41, 5.74) is 15.7. The van der Waals surface area contributed by atoms with Gasteiger partial charge in [-0.05, 0) is 67.8 Å². The van der Waals surface area contributed by atoms with Crippen LogP contribution in [0.5, 0.6) is 0 Å². The van der Waals surface area contributed by atoms with E-state index < -0.39 is 5.41 Å². The molecule has 8 aromatic carbocycles. The van der Waals surface area contributed by atoms with Gasteiger partial charge in [-0.2, -0.15) is 9.97 Å². The van der Waals surface area contributed by atoms with Crippen molar-refractivity contribution in [2.24, 2.45) is 0 Å². The third-order valence-electron chi connectivity index (χ3n) is 12.1. The van der Waals surface area contributed by atoms with E-state index in [1.807, 2.05) is 36.4 Å². The Hall–Kier alpha value is -7.69. The molecule has 2 heterocycles. The average Bonchev–Trinajstić information content (AvgIpc) is 3.77. The molecule has 0 aliphatic heterocycles. The summed E-state index contributed by atoms with van der Waals surface area (Å²) in [5, 5.41) is 2.41. The first-order valence-electron chi connectivity index (χ1n) is 19.8. The lowest BCUT2D eigenvalue weighted by molar-refractivity contribution is 0.815. The molecular weight excluding hydrogens is 705 g/mol. The molecule has 4 heteroatoms. The van der Waals surface area contributed by atoms with Crippen molar-refractivity contribution in [3.63, 3.8) is 0 Å². The van der Waals surface area contributed by atoms with E-state index in [0.717, 1.165) is 22.2 Å². The van der Waals surface area contributed by atoms with Crippen molar-refractivity contribution in [2.75, 3.05) is 0 Å². The largest absolute Gasteiger partial charge is 0.278 e. The van der Waals surface area contributed by atoms with Crippen LogP contribution in [0.2, 0.25) is 0 Å². The molecule has 0 radical (unpaired) electrons. The molecule has 2 aliphatic rings. The van der Waals surface area contributed by atoms with Gasteiger partial charge in [-0.3, -0.25) is 4.57 Å². The van der Waals surface area contributed by atoms with E-state index in [1.54, 1.807) is 0 Å². The second-order valence-electron chi connectivity index (χ2n) is 15.1. The summed E-state index contributed by atoms with van der Waals surface area (Å²) in [6, 6.07) is 74.0. The normalized spacial score (nSPS) is 13.6. The van der Waals surface area contributed by atoms with Crippen LogP contribution in [0, 0.1) is 0 Å². The highest BCUT2D eigenvalue weighted by molar-refractivity contribution is 6.28. The highest BCUT2D eigenvalue weighted by atomic mass is 15.2. The minimum absolute atomic E-state index is 0.586. The minimum Gasteiger partial charge on any atom is -0.278 e. The summed E-state index contributed by atoms with van der Waals surface area (Å²) in [4.78, 5) is 15.6. The molecule has 10 aromatic rings. The molecule has 0 amide bonds. The average molecular weight is 739 g/mol. The molecule has 0 bridgehead atoms. The predicted molar refractivity (Wildman–Crippen MR) is 236 cm³/mol. The predicted octanol–water partition coefficient (Wildman–Crippen LogP) is 12.6. The lowest BCUT2D eigenvalue weighted by Crippen LogP contribution is -2.29. The van der Waals surface area contributed by atoms with E-state index in [1.165, 1.54) is 66.4 Å². The Kier molecular flexibility index (Phi) is 7.11. The maximum absolute atomic E-state index is 5.29. The van der Waals surface area contributed by atoms with E-state index >= 15 is 0 Å². The second kappa shape index (κ2) is 12.7. The van der Waals surface area contributed by atoms with Gasteiger partial charge in [0.2, 0.25) is 5.95 Å². The molecule has 0 saturated heterocycles. The van der Waals surface area contributed by atoms with E-state index in [4.69, 9.17) is 15.0 Å². The maximum atomic E-state index is 5.29. The number of aromatic nitrogens is 4. The van der Waals surface area contributed by atoms with E-state index in [0.29, 0.717) is 17.6 Å². The Labute approximate surface area is 336 Å². The first kappa shape index (κ1) is 32.5. The highest BCUT2D eigenvalue weighted by Gasteiger charge is 2.50. The van der Waals surface area contributed by atoms with Gasteiger partial charge in [-0.15, -0.1) is 0 Å². The zero-order chi connectivity index (χ0) is 38.2. The van der Waals surface area contributed by atoms with E-state index in [2.05, 4.69) is 174 Å². The highest BCUT2D eigenvalue weighted by Crippen LogP contribution is 2.63. The second-order valence-corrected chi connectivity index (χ2v) is 15.1. The summed E-state index contributed by atoms with van der Waals surface area (Å²) in [6.07, 6.45) is 0. The van der Waals surface area contributed by atoms with Gasteiger partial charge in [0.1, 0.15) is 0 Å². The van der Waals surface area contributed by atoms with E-state index in [-0.39, 0.29) is 0 Å². The van der Waals surface area contributed by atoms with Crippen LogP contribution in [0.25, 0.3) is 72.8 Å². The lowest BCUT2D eigenvalue weighted by atomic mass is 9.65. The van der Waals surface area contributed by atoms with Crippen LogP contribution in [0.1, 0.15) is 33.4 Å². The van der Waals surface area contributed by atoms with Gasteiger partial charge in [0.05, 0.1) is 16.4 Å². The number of rotatable bonds is 6. The fraction of sp³-hybridized carbons (Fsp3) is 0.0185. The Balaban J connectivity index is 1.29. The number of nitrogens with zero attached hydrogens (tertiary/aromatic N) is 4. The molecule has 12 rings (SSSR count). The summed E-state index contributed by atoms with van der Waals surface area (Å²) in [6.45, 7) is 0. The molecule has 0 unspecified atom stereocenters. The summed E-state index contributed by atoms with van der Waals surface area (Å²) in [5.74, 6) is 1.85. The smallest absolute Gasteiger partial charge is 0.238 e. The van der Waals surface area contributed by atoms with Crippen molar-refractivity contribution >= 4 is 33.0 Å². The van der Waals surface area contributed by atoms with Crippen molar-refractivity contribution in [3.8, 4) is 39.9 Å².